The molecule has 6 heteroatoms. The monoisotopic (exact) mass is 313 g/mol. The van der Waals surface area contributed by atoms with Gasteiger partial charge in [-0.25, -0.2) is 4.98 Å². The van der Waals surface area contributed by atoms with Crippen LogP contribution < -0.4 is 10.2 Å². The first-order valence-corrected chi connectivity index (χ1v) is 8.41. The van der Waals surface area contributed by atoms with Gasteiger partial charge in [0.2, 0.25) is 0 Å². The zero-order chi connectivity index (χ0) is 15.2. The molecule has 0 aromatic carbocycles. The van der Waals surface area contributed by atoms with Crippen molar-refractivity contribution in [2.75, 3.05) is 38.8 Å². The van der Waals surface area contributed by atoms with Crippen LogP contribution in [0, 0.1) is 5.92 Å². The molecule has 1 saturated heterocycles. The van der Waals surface area contributed by atoms with Crippen molar-refractivity contribution in [3.05, 3.63) is 10.6 Å². The Labute approximate surface area is 131 Å². The lowest BCUT2D eigenvalue weighted by molar-refractivity contribution is 0.121. The maximum absolute atomic E-state index is 5.44. The van der Waals surface area contributed by atoms with Gasteiger partial charge in [0, 0.05) is 38.7 Å². The van der Waals surface area contributed by atoms with E-state index in [1.54, 1.807) is 25.6 Å². The molecule has 1 aromatic rings. The molecule has 0 spiro atoms. The van der Waals surface area contributed by atoms with Crippen LogP contribution in [0.3, 0.4) is 0 Å². The topological polar surface area (TPSA) is 46.6 Å². The van der Waals surface area contributed by atoms with E-state index in [0.717, 1.165) is 43.4 Å². The summed E-state index contributed by atoms with van der Waals surface area (Å²) in [4.78, 5) is 8.38. The minimum absolute atomic E-state index is 0.335. The van der Waals surface area contributed by atoms with Crippen molar-refractivity contribution in [3.8, 4) is 0 Å². The molecule has 1 atom stereocenters. The van der Waals surface area contributed by atoms with Crippen LogP contribution in [0.25, 0.3) is 0 Å². The first-order chi connectivity index (χ1) is 10.1. The van der Waals surface area contributed by atoms with E-state index in [1.165, 1.54) is 4.88 Å². The molecular weight excluding hydrogens is 286 g/mol. The summed E-state index contributed by atoms with van der Waals surface area (Å²) in [7, 11) is 3.51. The van der Waals surface area contributed by atoms with E-state index in [0.29, 0.717) is 18.6 Å². The number of thiazole rings is 1. The van der Waals surface area contributed by atoms with Gasteiger partial charge >= 0.3 is 0 Å². The standard InChI is InChI=1S/C15H27N3O2S/c1-11(2)7-16-8-14-13(10-19-3)17-15(21-14)18-6-5-12(9-18)20-4/h11-12,16H,5-10H2,1-4H3. The second kappa shape index (κ2) is 8.08. The van der Waals surface area contributed by atoms with Crippen molar-refractivity contribution >= 4 is 16.5 Å². The molecule has 0 saturated carbocycles. The first-order valence-electron chi connectivity index (χ1n) is 7.60. The van der Waals surface area contributed by atoms with Crippen LogP contribution in [0.2, 0.25) is 0 Å². The molecule has 120 valence electrons. The van der Waals surface area contributed by atoms with Gasteiger partial charge in [0.25, 0.3) is 0 Å². The number of nitrogens with one attached hydrogen (secondary N) is 1. The van der Waals surface area contributed by atoms with E-state index >= 15 is 0 Å². The van der Waals surface area contributed by atoms with Crippen LogP contribution in [0.5, 0.6) is 0 Å². The molecule has 1 N–H and O–H groups in total. The molecule has 1 fully saturated rings. The molecule has 1 aromatic heterocycles. The number of aromatic nitrogens is 1. The lowest BCUT2D eigenvalue weighted by Crippen LogP contribution is -2.21. The second-order valence-electron chi connectivity index (χ2n) is 5.92. The van der Waals surface area contributed by atoms with E-state index in [2.05, 4.69) is 24.1 Å². The summed E-state index contributed by atoms with van der Waals surface area (Å²) < 4.78 is 10.7. The van der Waals surface area contributed by atoms with Crippen molar-refractivity contribution in [1.29, 1.82) is 0 Å². The van der Waals surface area contributed by atoms with Gasteiger partial charge in [-0.3, -0.25) is 0 Å². The summed E-state index contributed by atoms with van der Waals surface area (Å²) in [5.74, 6) is 0.657. The Hall–Kier alpha value is -0.690. The van der Waals surface area contributed by atoms with Crippen LogP contribution in [0.15, 0.2) is 0 Å². The molecule has 1 aliphatic heterocycles. The normalized spacial score (nSPS) is 18.9. The van der Waals surface area contributed by atoms with Gasteiger partial charge in [-0.2, -0.15) is 0 Å². The minimum atomic E-state index is 0.335. The van der Waals surface area contributed by atoms with Gasteiger partial charge < -0.3 is 19.7 Å². The predicted octanol–water partition coefficient (Wildman–Crippen LogP) is 2.26. The minimum Gasteiger partial charge on any atom is -0.380 e. The molecule has 0 aliphatic carbocycles. The van der Waals surface area contributed by atoms with Crippen LogP contribution >= 0.6 is 11.3 Å². The number of rotatable bonds is 8. The quantitative estimate of drug-likeness (QED) is 0.798. The maximum atomic E-state index is 5.44. The molecule has 5 nitrogen and oxygen atoms in total. The molecule has 21 heavy (non-hydrogen) atoms. The highest BCUT2D eigenvalue weighted by Crippen LogP contribution is 2.30. The van der Waals surface area contributed by atoms with Crippen molar-refractivity contribution in [1.82, 2.24) is 10.3 Å². The zero-order valence-corrected chi connectivity index (χ0v) is 14.3. The highest BCUT2D eigenvalue weighted by atomic mass is 32.1. The Kier molecular flexibility index (Phi) is 6.41. The third kappa shape index (κ3) is 4.64. The third-order valence-electron chi connectivity index (χ3n) is 3.64. The number of hydrogen-bond donors (Lipinski definition) is 1. The summed E-state index contributed by atoms with van der Waals surface area (Å²) in [5.41, 5.74) is 1.06. The average Bonchev–Trinajstić information content (AvgIpc) is 3.06. The summed E-state index contributed by atoms with van der Waals surface area (Å²) in [6.45, 7) is 8.88. The fraction of sp³-hybridized carbons (Fsp3) is 0.800. The van der Waals surface area contributed by atoms with Gasteiger partial charge in [-0.05, 0) is 18.9 Å². The van der Waals surface area contributed by atoms with E-state index in [9.17, 15) is 0 Å². The predicted molar refractivity (Wildman–Crippen MR) is 87.0 cm³/mol. The van der Waals surface area contributed by atoms with Gasteiger partial charge in [-0.1, -0.05) is 13.8 Å². The van der Waals surface area contributed by atoms with Gasteiger partial charge in [-0.15, -0.1) is 11.3 Å². The molecule has 0 radical (unpaired) electrons. The number of hydrogen-bond acceptors (Lipinski definition) is 6. The van der Waals surface area contributed by atoms with Gasteiger partial charge in [0.05, 0.1) is 18.4 Å². The van der Waals surface area contributed by atoms with E-state index in [4.69, 9.17) is 14.5 Å². The Morgan fingerprint density at radius 2 is 2.24 bits per heavy atom. The van der Waals surface area contributed by atoms with Crippen molar-refractivity contribution in [2.24, 2.45) is 5.92 Å². The summed E-state index contributed by atoms with van der Waals surface area (Å²) >= 11 is 1.78. The Balaban J connectivity index is 2.02. The number of nitrogens with zero attached hydrogens (tertiary/aromatic N) is 2. The lowest BCUT2D eigenvalue weighted by atomic mass is 10.2. The summed E-state index contributed by atoms with van der Waals surface area (Å²) in [6.07, 6.45) is 1.42. The lowest BCUT2D eigenvalue weighted by Gasteiger charge is -2.13. The molecule has 0 bridgehead atoms. The highest BCUT2D eigenvalue weighted by Gasteiger charge is 2.25. The SMILES string of the molecule is COCc1nc(N2CCC(OC)C2)sc1CNCC(C)C. The van der Waals surface area contributed by atoms with E-state index < -0.39 is 0 Å². The van der Waals surface area contributed by atoms with Crippen molar-refractivity contribution in [2.45, 2.75) is 39.5 Å². The molecule has 2 heterocycles. The van der Waals surface area contributed by atoms with Crippen LogP contribution in [0.1, 0.15) is 30.8 Å². The summed E-state index contributed by atoms with van der Waals surface area (Å²) in [5, 5.41) is 4.60. The molecule has 1 aliphatic rings. The smallest absolute Gasteiger partial charge is 0.186 e. The Morgan fingerprint density at radius 3 is 2.86 bits per heavy atom. The molecule has 1 unspecified atom stereocenters. The van der Waals surface area contributed by atoms with E-state index in [-0.39, 0.29) is 0 Å². The Morgan fingerprint density at radius 1 is 1.43 bits per heavy atom. The largest absolute Gasteiger partial charge is 0.380 e. The van der Waals surface area contributed by atoms with E-state index in [1.807, 2.05) is 0 Å². The molecule has 2 rings (SSSR count). The fourth-order valence-electron chi connectivity index (χ4n) is 2.46. The Bertz CT molecular complexity index is 437. The number of ether oxygens (including phenoxy) is 2. The van der Waals surface area contributed by atoms with Crippen LogP contribution in [-0.2, 0) is 22.6 Å². The fourth-order valence-corrected chi connectivity index (χ4v) is 3.53. The van der Waals surface area contributed by atoms with Crippen molar-refractivity contribution < 1.29 is 9.47 Å². The zero-order valence-electron chi connectivity index (χ0n) is 13.5. The number of anilines is 1. The molecule has 0 amide bonds. The highest BCUT2D eigenvalue weighted by molar-refractivity contribution is 7.15. The second-order valence-corrected chi connectivity index (χ2v) is 6.98. The number of methoxy groups -OCH3 is 2. The summed E-state index contributed by atoms with van der Waals surface area (Å²) in [6, 6.07) is 0. The third-order valence-corrected chi connectivity index (χ3v) is 4.79. The molecular formula is C15H27N3O2S. The average molecular weight is 313 g/mol. The van der Waals surface area contributed by atoms with Gasteiger partial charge in [0.15, 0.2) is 5.13 Å². The van der Waals surface area contributed by atoms with Crippen LogP contribution in [-0.4, -0.2) is 44.9 Å². The van der Waals surface area contributed by atoms with Gasteiger partial charge in [0.1, 0.15) is 0 Å². The van der Waals surface area contributed by atoms with Crippen molar-refractivity contribution in [3.63, 3.8) is 0 Å². The maximum Gasteiger partial charge on any atom is 0.186 e. The first kappa shape index (κ1) is 16.7. The van der Waals surface area contributed by atoms with Crippen LogP contribution in [0.4, 0.5) is 5.13 Å².